The van der Waals surface area contributed by atoms with Crippen LogP contribution in [0.25, 0.3) is 0 Å². The molecule has 0 aliphatic carbocycles. The Hall–Kier alpha value is -3.27. The van der Waals surface area contributed by atoms with E-state index in [0.29, 0.717) is 42.8 Å². The second-order valence-corrected chi connectivity index (χ2v) is 7.80. The first-order valence-corrected chi connectivity index (χ1v) is 10.1. The minimum Gasteiger partial charge on any atom is -0.436 e. The topological polar surface area (TPSA) is 102 Å². The zero-order valence-electron chi connectivity index (χ0n) is 16.0. The number of aromatic nitrogens is 6. The van der Waals surface area contributed by atoms with Crippen LogP contribution in [0.2, 0.25) is 5.02 Å². The lowest BCUT2D eigenvalue weighted by Crippen LogP contribution is -2.53. The number of halogens is 1. The van der Waals surface area contributed by atoms with Gasteiger partial charge in [-0.25, -0.2) is 9.48 Å². The molecule has 2 amide bonds. The molecule has 2 aliphatic heterocycles. The Morgan fingerprint density at radius 3 is 2.67 bits per heavy atom. The van der Waals surface area contributed by atoms with Crippen LogP contribution in [0.3, 0.4) is 0 Å². The quantitative estimate of drug-likeness (QED) is 0.631. The highest BCUT2D eigenvalue weighted by atomic mass is 35.5. The van der Waals surface area contributed by atoms with Crippen molar-refractivity contribution in [1.29, 1.82) is 0 Å². The smallest absolute Gasteiger partial charge is 0.320 e. The van der Waals surface area contributed by atoms with Gasteiger partial charge in [-0.15, -0.1) is 10.2 Å². The van der Waals surface area contributed by atoms with Crippen molar-refractivity contribution in [2.75, 3.05) is 26.2 Å². The van der Waals surface area contributed by atoms with Crippen molar-refractivity contribution < 1.29 is 9.53 Å². The molecule has 0 spiro atoms. The third-order valence-corrected chi connectivity index (χ3v) is 5.77. The number of para-hydroxylation sites is 1. The van der Waals surface area contributed by atoms with E-state index in [9.17, 15) is 4.79 Å². The summed E-state index contributed by atoms with van der Waals surface area (Å²) in [5.41, 5.74) is 0.846. The van der Waals surface area contributed by atoms with Gasteiger partial charge < -0.3 is 14.5 Å². The van der Waals surface area contributed by atoms with Crippen LogP contribution in [0.4, 0.5) is 4.79 Å². The van der Waals surface area contributed by atoms with Crippen molar-refractivity contribution in [3.05, 3.63) is 53.4 Å². The molecule has 0 bridgehead atoms. The summed E-state index contributed by atoms with van der Waals surface area (Å²) in [6.45, 7) is 2.59. The van der Waals surface area contributed by atoms with E-state index in [1.165, 1.54) is 0 Å². The summed E-state index contributed by atoms with van der Waals surface area (Å²) in [6, 6.07) is 11.0. The molecular weight excluding hydrogens is 408 g/mol. The number of amides is 2. The van der Waals surface area contributed by atoms with E-state index < -0.39 is 0 Å². The van der Waals surface area contributed by atoms with Gasteiger partial charge in [-0.3, -0.25) is 0 Å². The van der Waals surface area contributed by atoms with Crippen molar-refractivity contribution in [1.82, 2.24) is 40.2 Å². The largest absolute Gasteiger partial charge is 0.436 e. The number of hydrogen-bond donors (Lipinski definition) is 0. The van der Waals surface area contributed by atoms with E-state index in [1.54, 1.807) is 29.2 Å². The van der Waals surface area contributed by atoms with Gasteiger partial charge in [0.05, 0.1) is 16.8 Å². The number of ether oxygens (including phenoxy) is 1. The van der Waals surface area contributed by atoms with Crippen LogP contribution in [0.5, 0.6) is 11.6 Å². The fourth-order valence-electron chi connectivity index (χ4n) is 3.73. The molecule has 1 atom stereocenters. The maximum Gasteiger partial charge on any atom is 0.320 e. The number of nitrogens with zero attached hydrogens (tertiary/aromatic N) is 8. The van der Waals surface area contributed by atoms with E-state index in [0.717, 1.165) is 12.1 Å². The van der Waals surface area contributed by atoms with Crippen molar-refractivity contribution in [3.63, 3.8) is 0 Å². The fourth-order valence-corrected chi connectivity index (χ4v) is 3.91. The van der Waals surface area contributed by atoms with Crippen molar-refractivity contribution in [3.8, 4) is 11.6 Å². The standard InChI is InChI=1S/C19H19ClN8O2/c20-15-3-1-2-4-17(15)30-18-6-5-16(22-23-18)13-9-27(10-13)19(29)26-8-7-14(11-26)28-12-21-24-25-28/h1-6,12-14H,7-11H2/t14-/m0/s1. The molecule has 30 heavy (non-hydrogen) atoms. The van der Waals surface area contributed by atoms with Crippen LogP contribution < -0.4 is 4.74 Å². The van der Waals surface area contributed by atoms with Crippen LogP contribution in [0, 0.1) is 0 Å². The van der Waals surface area contributed by atoms with Crippen LogP contribution in [-0.4, -0.2) is 72.4 Å². The van der Waals surface area contributed by atoms with Crippen LogP contribution in [0.15, 0.2) is 42.7 Å². The zero-order valence-corrected chi connectivity index (χ0v) is 16.8. The van der Waals surface area contributed by atoms with Crippen LogP contribution in [-0.2, 0) is 0 Å². The first kappa shape index (κ1) is 18.7. The molecule has 4 heterocycles. The van der Waals surface area contributed by atoms with Crippen molar-refractivity contribution in [2.45, 2.75) is 18.4 Å². The number of hydrogen-bond acceptors (Lipinski definition) is 7. The van der Waals surface area contributed by atoms with Gasteiger partial charge in [0.2, 0.25) is 5.88 Å². The maximum absolute atomic E-state index is 12.7. The van der Waals surface area contributed by atoms with Gasteiger partial charge in [0.1, 0.15) is 12.1 Å². The lowest BCUT2D eigenvalue weighted by atomic mass is 9.96. The molecule has 0 N–H and O–H groups in total. The molecule has 2 fully saturated rings. The first-order valence-electron chi connectivity index (χ1n) is 9.69. The number of benzene rings is 1. The van der Waals surface area contributed by atoms with E-state index >= 15 is 0 Å². The molecule has 0 unspecified atom stereocenters. The second-order valence-electron chi connectivity index (χ2n) is 7.39. The highest BCUT2D eigenvalue weighted by Crippen LogP contribution is 2.31. The Bertz CT molecular complexity index is 1020. The molecule has 2 saturated heterocycles. The molecule has 1 aromatic carbocycles. The normalized spacial score (nSPS) is 19.0. The third kappa shape index (κ3) is 3.65. The molecule has 154 valence electrons. The number of rotatable bonds is 4. The molecule has 3 aromatic rings. The average molecular weight is 427 g/mol. The first-order chi connectivity index (χ1) is 14.7. The maximum atomic E-state index is 12.7. The highest BCUT2D eigenvalue weighted by Gasteiger charge is 2.38. The Balaban J connectivity index is 1.14. The van der Waals surface area contributed by atoms with Gasteiger partial charge in [-0.1, -0.05) is 23.7 Å². The number of tetrazole rings is 1. The molecule has 0 saturated carbocycles. The van der Waals surface area contributed by atoms with E-state index in [1.807, 2.05) is 28.0 Å². The van der Waals surface area contributed by atoms with Gasteiger partial charge in [-0.05, 0) is 35.0 Å². The van der Waals surface area contributed by atoms with E-state index in [2.05, 4.69) is 25.7 Å². The lowest BCUT2D eigenvalue weighted by molar-refractivity contribution is 0.119. The summed E-state index contributed by atoms with van der Waals surface area (Å²) in [7, 11) is 0. The minimum atomic E-state index is 0.0495. The Morgan fingerprint density at radius 2 is 1.93 bits per heavy atom. The van der Waals surface area contributed by atoms with Gasteiger partial charge in [0.25, 0.3) is 0 Å². The van der Waals surface area contributed by atoms with Crippen LogP contribution in [0.1, 0.15) is 24.1 Å². The number of urea groups is 1. The van der Waals surface area contributed by atoms with E-state index in [4.69, 9.17) is 16.3 Å². The van der Waals surface area contributed by atoms with Gasteiger partial charge in [0, 0.05) is 38.2 Å². The molecule has 10 nitrogen and oxygen atoms in total. The summed E-state index contributed by atoms with van der Waals surface area (Å²) in [5.74, 6) is 1.09. The highest BCUT2D eigenvalue weighted by molar-refractivity contribution is 6.32. The molecule has 2 aliphatic rings. The second kappa shape index (κ2) is 7.86. The number of carbonyl (C=O) groups is 1. The lowest BCUT2D eigenvalue weighted by Gasteiger charge is -2.40. The molecule has 11 heteroatoms. The third-order valence-electron chi connectivity index (χ3n) is 5.46. The molecule has 2 aromatic heterocycles. The van der Waals surface area contributed by atoms with Crippen molar-refractivity contribution >= 4 is 17.6 Å². The summed E-state index contributed by atoms with van der Waals surface area (Å²) in [5, 5.41) is 20.2. The van der Waals surface area contributed by atoms with Gasteiger partial charge in [-0.2, -0.15) is 5.10 Å². The number of carbonyl (C=O) groups excluding carboxylic acids is 1. The SMILES string of the molecule is O=C(N1CC(c2ccc(Oc3ccccc3Cl)nn2)C1)N1CC[C@H](n2cnnn2)C1. The average Bonchev–Trinajstić information content (AvgIpc) is 3.41. The zero-order chi connectivity index (χ0) is 20.5. The number of likely N-dealkylation sites (tertiary alicyclic amines) is 2. The minimum absolute atomic E-state index is 0.0495. The Labute approximate surface area is 177 Å². The Morgan fingerprint density at radius 1 is 1.07 bits per heavy atom. The van der Waals surface area contributed by atoms with Crippen LogP contribution >= 0.6 is 11.6 Å². The van der Waals surface area contributed by atoms with E-state index in [-0.39, 0.29) is 18.0 Å². The summed E-state index contributed by atoms with van der Waals surface area (Å²) in [4.78, 5) is 16.4. The predicted molar refractivity (Wildman–Crippen MR) is 106 cm³/mol. The predicted octanol–water partition coefficient (Wildman–Crippen LogP) is 2.38. The fraction of sp³-hybridized carbons (Fsp3) is 0.368. The monoisotopic (exact) mass is 426 g/mol. The Kier molecular flexibility index (Phi) is 4.91. The summed E-state index contributed by atoms with van der Waals surface area (Å²) in [6.07, 6.45) is 2.45. The van der Waals surface area contributed by atoms with Gasteiger partial charge >= 0.3 is 6.03 Å². The molecular formula is C19H19ClN8O2. The van der Waals surface area contributed by atoms with Gasteiger partial charge in [0.15, 0.2) is 0 Å². The molecule has 0 radical (unpaired) electrons. The van der Waals surface area contributed by atoms with Crippen molar-refractivity contribution in [2.24, 2.45) is 0 Å². The summed E-state index contributed by atoms with van der Waals surface area (Å²) >= 11 is 6.10. The summed E-state index contributed by atoms with van der Waals surface area (Å²) < 4.78 is 7.39. The molecule has 5 rings (SSSR count).